The van der Waals surface area contributed by atoms with Gasteiger partial charge in [-0.1, -0.05) is 42.5 Å². The van der Waals surface area contributed by atoms with Crippen LogP contribution in [-0.2, 0) is 22.6 Å². The Morgan fingerprint density at radius 1 is 0.917 bits per heavy atom. The van der Waals surface area contributed by atoms with E-state index in [1.54, 1.807) is 24.0 Å². The lowest BCUT2D eigenvalue weighted by atomic mass is 9.86. The SMILES string of the molecule is COc1cccc(CN2CC(=O)N3C(c4cccc(OC)c4)c4[nH]c5ccccc5c4C[C@H]3C2=O)c1. The van der Waals surface area contributed by atoms with Crippen LogP contribution in [0.2, 0.25) is 0 Å². The van der Waals surface area contributed by atoms with Crippen molar-refractivity contribution in [1.29, 1.82) is 0 Å². The van der Waals surface area contributed by atoms with Crippen LogP contribution in [0.15, 0.2) is 72.8 Å². The van der Waals surface area contributed by atoms with Crippen molar-refractivity contribution >= 4 is 22.7 Å². The van der Waals surface area contributed by atoms with E-state index in [4.69, 9.17) is 9.47 Å². The van der Waals surface area contributed by atoms with E-state index in [0.717, 1.165) is 39.0 Å². The summed E-state index contributed by atoms with van der Waals surface area (Å²) < 4.78 is 10.8. The van der Waals surface area contributed by atoms with Crippen molar-refractivity contribution < 1.29 is 19.1 Å². The molecule has 7 heteroatoms. The number of nitrogens with one attached hydrogen (secondary N) is 1. The summed E-state index contributed by atoms with van der Waals surface area (Å²) in [6.45, 7) is 0.388. The minimum atomic E-state index is -0.584. The average molecular weight is 482 g/mol. The van der Waals surface area contributed by atoms with Crippen LogP contribution in [0.1, 0.15) is 28.4 Å². The number of aromatic nitrogens is 1. The number of methoxy groups -OCH3 is 2. The van der Waals surface area contributed by atoms with E-state index in [1.165, 1.54) is 0 Å². The molecular formula is C29H27N3O4. The number of aromatic amines is 1. The Morgan fingerprint density at radius 2 is 1.67 bits per heavy atom. The van der Waals surface area contributed by atoms with Gasteiger partial charge in [-0.15, -0.1) is 0 Å². The zero-order chi connectivity index (χ0) is 24.8. The van der Waals surface area contributed by atoms with Gasteiger partial charge in [-0.05, 0) is 47.0 Å². The highest BCUT2D eigenvalue weighted by Crippen LogP contribution is 2.43. The lowest BCUT2D eigenvalue weighted by Gasteiger charge is -2.47. The maximum Gasteiger partial charge on any atom is 0.246 e. The molecule has 2 amide bonds. The molecule has 0 radical (unpaired) electrons. The molecule has 2 aliphatic heterocycles. The molecule has 0 spiro atoms. The van der Waals surface area contributed by atoms with Crippen molar-refractivity contribution in [2.24, 2.45) is 0 Å². The third-order valence-electron chi connectivity index (χ3n) is 7.26. The van der Waals surface area contributed by atoms with Gasteiger partial charge in [-0.25, -0.2) is 0 Å². The molecule has 3 aromatic carbocycles. The molecule has 1 unspecified atom stereocenters. The fourth-order valence-electron chi connectivity index (χ4n) is 5.61. The lowest BCUT2D eigenvalue weighted by Crippen LogP contribution is -2.62. The Balaban J connectivity index is 1.44. The predicted molar refractivity (Wildman–Crippen MR) is 136 cm³/mol. The number of hydrogen-bond acceptors (Lipinski definition) is 4. The maximum absolute atomic E-state index is 13.9. The number of nitrogens with zero attached hydrogens (tertiary/aromatic N) is 2. The molecule has 1 fully saturated rings. The van der Waals surface area contributed by atoms with Crippen molar-refractivity contribution in [2.45, 2.75) is 25.0 Å². The third-order valence-corrected chi connectivity index (χ3v) is 7.26. The molecule has 182 valence electrons. The molecule has 0 aliphatic carbocycles. The predicted octanol–water partition coefficient (Wildman–Crippen LogP) is 4.07. The number of carbonyl (C=O) groups is 2. The molecule has 6 rings (SSSR count). The summed E-state index contributed by atoms with van der Waals surface area (Å²) in [5.74, 6) is 1.33. The van der Waals surface area contributed by atoms with Gasteiger partial charge >= 0.3 is 0 Å². The Bertz CT molecular complexity index is 1480. The number of amides is 2. The third kappa shape index (κ3) is 3.59. The number of benzene rings is 3. The lowest BCUT2D eigenvalue weighted by molar-refractivity contribution is -0.159. The molecule has 0 saturated carbocycles. The Kier molecular flexibility index (Phi) is 5.40. The zero-order valence-corrected chi connectivity index (χ0v) is 20.2. The average Bonchev–Trinajstić information content (AvgIpc) is 3.29. The van der Waals surface area contributed by atoms with E-state index in [1.807, 2.05) is 66.7 Å². The summed E-state index contributed by atoms with van der Waals surface area (Å²) in [7, 11) is 3.25. The van der Waals surface area contributed by atoms with E-state index in [9.17, 15) is 9.59 Å². The van der Waals surface area contributed by atoms with Crippen LogP contribution in [0.25, 0.3) is 10.9 Å². The van der Waals surface area contributed by atoms with Crippen molar-refractivity contribution in [3.05, 3.63) is 95.2 Å². The Labute approximate surface area is 209 Å². The van der Waals surface area contributed by atoms with E-state index in [2.05, 4.69) is 11.1 Å². The van der Waals surface area contributed by atoms with Crippen molar-refractivity contribution in [1.82, 2.24) is 14.8 Å². The summed E-state index contributed by atoms with van der Waals surface area (Å²) in [5, 5.41) is 1.09. The number of ether oxygens (including phenoxy) is 2. The molecule has 1 aromatic heterocycles. The van der Waals surface area contributed by atoms with Crippen molar-refractivity contribution in [3.63, 3.8) is 0 Å². The zero-order valence-electron chi connectivity index (χ0n) is 20.2. The van der Waals surface area contributed by atoms with Gasteiger partial charge in [0.2, 0.25) is 11.8 Å². The van der Waals surface area contributed by atoms with E-state index >= 15 is 0 Å². The van der Waals surface area contributed by atoms with E-state index in [0.29, 0.717) is 18.7 Å². The number of piperazine rings is 1. The number of carbonyl (C=O) groups excluding carboxylic acids is 2. The van der Waals surface area contributed by atoms with Gasteiger partial charge in [0.1, 0.15) is 24.1 Å². The van der Waals surface area contributed by atoms with Gasteiger partial charge in [0.05, 0.1) is 20.3 Å². The quantitative estimate of drug-likeness (QED) is 0.466. The molecule has 2 atom stereocenters. The summed E-state index contributed by atoms with van der Waals surface area (Å²) in [6, 6.07) is 22.5. The standard InChI is InChI=1S/C29H27N3O4/c1-35-20-9-5-7-18(13-20)16-31-17-26(33)32-25(29(31)34)15-23-22-11-3-4-12-24(22)30-27(23)28(32)19-8-6-10-21(14-19)36-2/h3-14,25,28,30H,15-17H2,1-2H3/t25-,28?/m0/s1. The fourth-order valence-corrected chi connectivity index (χ4v) is 5.61. The van der Waals surface area contributed by atoms with Crippen molar-refractivity contribution in [2.75, 3.05) is 20.8 Å². The van der Waals surface area contributed by atoms with Gasteiger partial charge in [0.25, 0.3) is 0 Å². The van der Waals surface area contributed by atoms with E-state index < -0.39 is 12.1 Å². The van der Waals surface area contributed by atoms with Crippen LogP contribution in [0.3, 0.4) is 0 Å². The molecule has 3 heterocycles. The minimum Gasteiger partial charge on any atom is -0.497 e. The highest BCUT2D eigenvalue weighted by Gasteiger charge is 2.48. The molecule has 2 aliphatic rings. The van der Waals surface area contributed by atoms with Gasteiger partial charge in [-0.2, -0.15) is 0 Å². The monoisotopic (exact) mass is 481 g/mol. The van der Waals surface area contributed by atoms with Gasteiger partial charge in [-0.3, -0.25) is 9.59 Å². The summed E-state index contributed by atoms with van der Waals surface area (Å²) in [5.41, 5.74) is 4.89. The first-order valence-electron chi connectivity index (χ1n) is 12.0. The number of H-pyrrole nitrogens is 1. The number of para-hydroxylation sites is 1. The van der Waals surface area contributed by atoms with Crippen LogP contribution in [0.5, 0.6) is 11.5 Å². The van der Waals surface area contributed by atoms with Crippen LogP contribution in [0.4, 0.5) is 0 Å². The maximum atomic E-state index is 13.9. The summed E-state index contributed by atoms with van der Waals surface area (Å²) in [6.07, 6.45) is 0.471. The molecule has 36 heavy (non-hydrogen) atoms. The van der Waals surface area contributed by atoms with Crippen LogP contribution in [-0.4, -0.2) is 53.4 Å². The van der Waals surface area contributed by atoms with Gasteiger partial charge < -0.3 is 24.3 Å². The first-order valence-corrected chi connectivity index (χ1v) is 12.0. The number of rotatable bonds is 5. The molecule has 4 aromatic rings. The summed E-state index contributed by atoms with van der Waals surface area (Å²) >= 11 is 0. The highest BCUT2D eigenvalue weighted by molar-refractivity contribution is 5.97. The molecule has 1 N–H and O–H groups in total. The van der Waals surface area contributed by atoms with Gasteiger partial charge in [0, 0.05) is 29.6 Å². The van der Waals surface area contributed by atoms with Crippen LogP contribution in [0, 0.1) is 0 Å². The smallest absolute Gasteiger partial charge is 0.246 e. The fraction of sp³-hybridized carbons (Fsp3) is 0.241. The Hall–Kier alpha value is -4.26. The van der Waals surface area contributed by atoms with Crippen LogP contribution < -0.4 is 9.47 Å². The number of fused-ring (bicyclic) bond motifs is 4. The van der Waals surface area contributed by atoms with Crippen molar-refractivity contribution in [3.8, 4) is 11.5 Å². The normalized spacial score (nSPS) is 19.3. The second-order valence-corrected chi connectivity index (χ2v) is 9.31. The Morgan fingerprint density at radius 3 is 2.47 bits per heavy atom. The van der Waals surface area contributed by atoms with E-state index in [-0.39, 0.29) is 18.4 Å². The largest absolute Gasteiger partial charge is 0.497 e. The molecule has 7 nitrogen and oxygen atoms in total. The second-order valence-electron chi connectivity index (χ2n) is 9.31. The molecular weight excluding hydrogens is 454 g/mol. The van der Waals surface area contributed by atoms with Gasteiger partial charge in [0.15, 0.2) is 0 Å². The van der Waals surface area contributed by atoms with Crippen LogP contribution >= 0.6 is 0 Å². The first kappa shape index (κ1) is 22.2. The highest BCUT2D eigenvalue weighted by atomic mass is 16.5. The minimum absolute atomic E-state index is 0.0303. The molecule has 1 saturated heterocycles. The first-order chi connectivity index (χ1) is 17.6. The summed E-state index contributed by atoms with van der Waals surface area (Å²) in [4.78, 5) is 34.6. The topological polar surface area (TPSA) is 74.9 Å². The number of hydrogen-bond donors (Lipinski definition) is 1. The second kappa shape index (κ2) is 8.75. The molecule has 0 bridgehead atoms.